The number of carbonyl (C=O) groups is 1. The molecule has 1 aliphatic heterocycles. The molecule has 0 spiro atoms. The molecule has 1 aromatic heterocycles. The van der Waals surface area contributed by atoms with E-state index in [9.17, 15) is 4.79 Å². The maximum atomic E-state index is 12.6. The van der Waals surface area contributed by atoms with Crippen molar-refractivity contribution >= 4 is 29.3 Å². The molecule has 1 aliphatic carbocycles. The molecule has 29 heavy (non-hydrogen) atoms. The number of thioether (sulfide) groups is 1. The number of nitrogens with zero attached hydrogens (tertiary/aromatic N) is 3. The normalized spacial score (nSPS) is 20.8. The van der Waals surface area contributed by atoms with E-state index < -0.39 is 0 Å². The number of nitrogens with one attached hydrogen (secondary N) is 1. The fourth-order valence-electron chi connectivity index (χ4n) is 4.05. The first-order valence-corrected chi connectivity index (χ1v) is 11.6. The lowest BCUT2D eigenvalue weighted by Crippen LogP contribution is -2.36. The van der Waals surface area contributed by atoms with Gasteiger partial charge < -0.3 is 10.1 Å². The molecule has 1 saturated heterocycles. The minimum atomic E-state index is -0.264. The number of rotatable bonds is 7. The second kappa shape index (κ2) is 9.49. The van der Waals surface area contributed by atoms with Crippen LogP contribution in [-0.2, 0) is 9.53 Å². The predicted octanol–water partition coefficient (Wildman–Crippen LogP) is 4.49. The molecule has 2 heterocycles. The van der Waals surface area contributed by atoms with Crippen molar-refractivity contribution in [1.29, 1.82) is 0 Å². The molecule has 1 aromatic carbocycles. The van der Waals surface area contributed by atoms with Crippen LogP contribution >= 0.6 is 23.4 Å². The van der Waals surface area contributed by atoms with E-state index >= 15 is 0 Å². The monoisotopic (exact) mass is 434 g/mol. The summed E-state index contributed by atoms with van der Waals surface area (Å²) in [6.45, 7) is 3.28. The number of ether oxygens (including phenoxy) is 1. The Balaban J connectivity index is 1.52. The predicted molar refractivity (Wildman–Crippen MR) is 115 cm³/mol. The lowest BCUT2D eigenvalue weighted by atomic mass is 10.2. The number of halogens is 1. The summed E-state index contributed by atoms with van der Waals surface area (Å²) in [5, 5.41) is 13.1. The molecule has 1 N–H and O–H groups in total. The van der Waals surface area contributed by atoms with E-state index in [4.69, 9.17) is 16.3 Å². The van der Waals surface area contributed by atoms with E-state index in [-0.39, 0.29) is 17.3 Å². The quantitative estimate of drug-likeness (QED) is 0.650. The largest absolute Gasteiger partial charge is 0.376 e. The summed E-state index contributed by atoms with van der Waals surface area (Å²) < 4.78 is 7.79. The van der Waals surface area contributed by atoms with Crippen molar-refractivity contribution in [2.45, 2.75) is 68.0 Å². The van der Waals surface area contributed by atoms with Gasteiger partial charge in [-0.2, -0.15) is 0 Å². The van der Waals surface area contributed by atoms with Crippen LogP contribution < -0.4 is 5.32 Å². The molecule has 2 aromatic rings. The maximum absolute atomic E-state index is 12.6. The number of amides is 1. The summed E-state index contributed by atoms with van der Waals surface area (Å²) >= 11 is 7.90. The van der Waals surface area contributed by atoms with Crippen LogP contribution in [0.15, 0.2) is 29.4 Å². The van der Waals surface area contributed by atoms with Crippen LogP contribution in [0, 0.1) is 0 Å². The zero-order chi connectivity index (χ0) is 20.2. The Kier molecular flexibility index (Phi) is 6.77. The molecule has 4 rings (SSSR count). The van der Waals surface area contributed by atoms with Crippen LogP contribution in [0.3, 0.4) is 0 Å². The van der Waals surface area contributed by atoms with Gasteiger partial charge in [-0.15, -0.1) is 10.2 Å². The molecule has 0 unspecified atom stereocenters. The number of benzene rings is 1. The van der Waals surface area contributed by atoms with Crippen molar-refractivity contribution in [1.82, 2.24) is 20.1 Å². The molecule has 6 nitrogen and oxygen atoms in total. The molecular formula is C21H27ClN4O2S. The van der Waals surface area contributed by atoms with Gasteiger partial charge in [-0.25, -0.2) is 0 Å². The average Bonchev–Trinajstić information content (AvgIpc) is 3.48. The van der Waals surface area contributed by atoms with Gasteiger partial charge in [-0.1, -0.05) is 48.3 Å². The highest BCUT2D eigenvalue weighted by Crippen LogP contribution is 2.38. The van der Waals surface area contributed by atoms with Gasteiger partial charge in [0.1, 0.15) is 0 Å². The first kappa shape index (κ1) is 20.7. The minimum Gasteiger partial charge on any atom is -0.376 e. The molecule has 1 amide bonds. The van der Waals surface area contributed by atoms with Gasteiger partial charge in [0.25, 0.3) is 0 Å². The van der Waals surface area contributed by atoms with Gasteiger partial charge in [-0.05, 0) is 44.7 Å². The summed E-state index contributed by atoms with van der Waals surface area (Å²) in [5.41, 5.74) is 0.885. The molecule has 8 heteroatoms. The van der Waals surface area contributed by atoms with Crippen LogP contribution in [0.2, 0.25) is 5.02 Å². The fraction of sp³-hybridized carbons (Fsp3) is 0.571. The third kappa shape index (κ3) is 4.78. The van der Waals surface area contributed by atoms with Gasteiger partial charge in [0.05, 0.1) is 16.4 Å². The Morgan fingerprint density at radius 2 is 2.07 bits per heavy atom. The second-order valence-electron chi connectivity index (χ2n) is 7.73. The van der Waals surface area contributed by atoms with E-state index in [2.05, 4.69) is 20.1 Å². The molecule has 2 fully saturated rings. The molecule has 0 radical (unpaired) electrons. The maximum Gasteiger partial charge on any atom is 0.233 e. The Hall–Kier alpha value is -1.57. The Morgan fingerprint density at radius 1 is 1.28 bits per heavy atom. The summed E-state index contributed by atoms with van der Waals surface area (Å²) in [4.78, 5) is 12.6. The number of carbonyl (C=O) groups excluding carboxylic acids is 1. The third-order valence-corrected chi connectivity index (χ3v) is 7.03. The average molecular weight is 435 g/mol. The standard InChI is InChI=1S/C21H27ClN4O2S/c1-14(20(27)23-13-16-9-6-12-28-16)29-21-25-24-19(17-10-4-5-11-18(17)22)26(21)15-7-2-3-8-15/h4-5,10-11,14-16H,2-3,6-9,12-13H2,1H3,(H,23,27)/t14-,16-/m0/s1. The zero-order valence-electron chi connectivity index (χ0n) is 16.6. The van der Waals surface area contributed by atoms with Crippen molar-refractivity contribution in [3.63, 3.8) is 0 Å². The smallest absolute Gasteiger partial charge is 0.233 e. The number of aromatic nitrogens is 3. The van der Waals surface area contributed by atoms with E-state index in [0.717, 1.165) is 48.8 Å². The minimum absolute atomic E-state index is 0.00534. The zero-order valence-corrected chi connectivity index (χ0v) is 18.2. The molecule has 2 aliphatic rings. The lowest BCUT2D eigenvalue weighted by Gasteiger charge is -2.19. The molecule has 1 saturated carbocycles. The summed E-state index contributed by atoms with van der Waals surface area (Å²) in [6, 6.07) is 8.07. The summed E-state index contributed by atoms with van der Waals surface area (Å²) in [5.74, 6) is 0.794. The van der Waals surface area contributed by atoms with Gasteiger partial charge in [-0.3, -0.25) is 9.36 Å². The van der Waals surface area contributed by atoms with Crippen molar-refractivity contribution in [2.75, 3.05) is 13.2 Å². The highest BCUT2D eigenvalue weighted by molar-refractivity contribution is 8.00. The Bertz CT molecular complexity index is 847. The fourth-order valence-corrected chi connectivity index (χ4v) is 5.21. The molecule has 0 bridgehead atoms. The van der Waals surface area contributed by atoms with Crippen LogP contribution in [-0.4, -0.2) is 45.2 Å². The Labute approximate surface area is 180 Å². The first-order valence-electron chi connectivity index (χ1n) is 10.4. The van der Waals surface area contributed by atoms with Crippen LogP contribution in [0.4, 0.5) is 0 Å². The Morgan fingerprint density at radius 3 is 2.79 bits per heavy atom. The third-order valence-electron chi connectivity index (χ3n) is 5.65. The van der Waals surface area contributed by atoms with Crippen LogP contribution in [0.5, 0.6) is 0 Å². The van der Waals surface area contributed by atoms with Crippen LogP contribution in [0.25, 0.3) is 11.4 Å². The van der Waals surface area contributed by atoms with E-state index in [1.807, 2.05) is 31.2 Å². The van der Waals surface area contributed by atoms with Crippen molar-refractivity contribution in [3.8, 4) is 11.4 Å². The van der Waals surface area contributed by atoms with Gasteiger partial charge in [0, 0.05) is 24.8 Å². The highest BCUT2D eigenvalue weighted by atomic mass is 35.5. The van der Waals surface area contributed by atoms with E-state index in [1.165, 1.54) is 24.6 Å². The van der Waals surface area contributed by atoms with Crippen molar-refractivity contribution in [3.05, 3.63) is 29.3 Å². The van der Waals surface area contributed by atoms with Crippen molar-refractivity contribution in [2.24, 2.45) is 0 Å². The first-order chi connectivity index (χ1) is 14.1. The molecule has 2 atom stereocenters. The highest BCUT2D eigenvalue weighted by Gasteiger charge is 2.28. The SMILES string of the molecule is C[C@H](Sc1nnc(-c2ccccc2Cl)n1C1CCCC1)C(=O)NC[C@@H]1CCCO1. The molecule has 156 valence electrons. The number of hydrogen-bond acceptors (Lipinski definition) is 5. The summed E-state index contributed by atoms with van der Waals surface area (Å²) in [6.07, 6.45) is 6.83. The van der Waals surface area contributed by atoms with Gasteiger partial charge >= 0.3 is 0 Å². The van der Waals surface area contributed by atoms with E-state index in [0.29, 0.717) is 17.6 Å². The molecular weight excluding hydrogens is 408 g/mol. The van der Waals surface area contributed by atoms with Crippen molar-refractivity contribution < 1.29 is 9.53 Å². The number of hydrogen-bond donors (Lipinski definition) is 1. The van der Waals surface area contributed by atoms with Gasteiger partial charge in [0.2, 0.25) is 5.91 Å². The lowest BCUT2D eigenvalue weighted by molar-refractivity contribution is -0.120. The summed E-state index contributed by atoms with van der Waals surface area (Å²) in [7, 11) is 0. The van der Waals surface area contributed by atoms with E-state index in [1.54, 1.807) is 0 Å². The second-order valence-corrected chi connectivity index (χ2v) is 9.45. The van der Waals surface area contributed by atoms with Gasteiger partial charge in [0.15, 0.2) is 11.0 Å². The van der Waals surface area contributed by atoms with Crippen LogP contribution in [0.1, 0.15) is 51.5 Å². The topological polar surface area (TPSA) is 69.0 Å².